The van der Waals surface area contributed by atoms with Gasteiger partial charge in [0.15, 0.2) is 9.84 Å². The van der Waals surface area contributed by atoms with Gasteiger partial charge in [-0.25, -0.2) is 13.2 Å². The molecule has 7 nitrogen and oxygen atoms in total. The van der Waals surface area contributed by atoms with Crippen LogP contribution in [0.25, 0.3) is 0 Å². The van der Waals surface area contributed by atoms with Gasteiger partial charge in [0.1, 0.15) is 11.4 Å². The largest absolute Gasteiger partial charge is 0.444 e. The molecule has 0 saturated heterocycles. The van der Waals surface area contributed by atoms with Gasteiger partial charge in [0, 0.05) is 0 Å². The highest BCUT2D eigenvalue weighted by atomic mass is 32.2. The molecule has 0 aromatic heterocycles. The van der Waals surface area contributed by atoms with Crippen LogP contribution in [-0.2, 0) is 25.5 Å². The molecule has 0 heterocycles. The highest BCUT2D eigenvalue weighted by Crippen LogP contribution is 2.34. The smallest absolute Gasteiger partial charge is 0.416 e. The first-order chi connectivity index (χ1) is 13.6. The molecular weight excluding hydrogens is 425 g/mol. The molecule has 0 saturated carbocycles. The van der Waals surface area contributed by atoms with E-state index in [1.54, 1.807) is 20.8 Å². The molecule has 0 bridgehead atoms. The number of halogens is 3. The van der Waals surface area contributed by atoms with Gasteiger partial charge < -0.3 is 10.1 Å². The van der Waals surface area contributed by atoms with Crippen LogP contribution in [0.15, 0.2) is 18.2 Å². The van der Waals surface area contributed by atoms with Crippen LogP contribution in [0.3, 0.4) is 0 Å². The third-order valence-electron chi connectivity index (χ3n) is 3.67. The molecule has 0 radical (unpaired) electrons. The Bertz CT molecular complexity index is 862. The maximum atomic E-state index is 13.0. The summed E-state index contributed by atoms with van der Waals surface area (Å²) in [5.74, 6) is -2.07. The van der Waals surface area contributed by atoms with E-state index in [9.17, 15) is 31.2 Å². The normalized spacial score (nSPS) is 12.4. The zero-order valence-corrected chi connectivity index (χ0v) is 18.2. The van der Waals surface area contributed by atoms with E-state index in [2.05, 4.69) is 10.6 Å². The lowest BCUT2D eigenvalue weighted by Crippen LogP contribution is -2.28. The standard InChI is InChI=1S/C19H27F3N2O5S/c1-5-6-7-10-30(27,28)12-16(25)23-15-11-13(19(20,21)22)8-9-14(15)24-17(26)29-18(2,3)4/h8-9,11H,5-7,10,12H2,1-4H3,(H,23,25)(H,24,26). The lowest BCUT2D eigenvalue weighted by atomic mass is 10.1. The number of carbonyl (C=O) groups is 2. The lowest BCUT2D eigenvalue weighted by Gasteiger charge is -2.21. The van der Waals surface area contributed by atoms with Gasteiger partial charge in [0.05, 0.1) is 22.7 Å². The molecule has 0 atom stereocenters. The maximum Gasteiger partial charge on any atom is 0.416 e. The minimum absolute atomic E-state index is 0.158. The van der Waals surface area contributed by atoms with Crippen LogP contribution in [0.4, 0.5) is 29.3 Å². The zero-order chi connectivity index (χ0) is 23.2. The van der Waals surface area contributed by atoms with Gasteiger partial charge in [-0.1, -0.05) is 19.8 Å². The van der Waals surface area contributed by atoms with Crippen molar-refractivity contribution in [1.82, 2.24) is 0 Å². The Labute approximate surface area is 174 Å². The number of nitrogens with one attached hydrogen (secondary N) is 2. The molecule has 30 heavy (non-hydrogen) atoms. The second kappa shape index (κ2) is 10.1. The van der Waals surface area contributed by atoms with Crippen LogP contribution in [0.2, 0.25) is 0 Å². The summed E-state index contributed by atoms with van der Waals surface area (Å²) in [6.07, 6.45) is -3.77. The highest BCUT2D eigenvalue weighted by Gasteiger charge is 2.31. The second-order valence-corrected chi connectivity index (χ2v) is 9.92. The molecular formula is C19H27F3N2O5S. The van der Waals surface area contributed by atoms with Crippen molar-refractivity contribution in [3.8, 4) is 0 Å². The van der Waals surface area contributed by atoms with Gasteiger partial charge in [-0.3, -0.25) is 10.1 Å². The average molecular weight is 452 g/mol. The summed E-state index contributed by atoms with van der Waals surface area (Å²) in [5.41, 5.74) is -2.47. The van der Waals surface area contributed by atoms with E-state index in [4.69, 9.17) is 4.74 Å². The fourth-order valence-electron chi connectivity index (χ4n) is 2.38. The summed E-state index contributed by atoms with van der Waals surface area (Å²) in [6, 6.07) is 2.30. The van der Waals surface area contributed by atoms with Gasteiger partial charge in [0.2, 0.25) is 5.91 Å². The molecule has 0 aliphatic rings. The van der Waals surface area contributed by atoms with Crippen molar-refractivity contribution in [2.45, 2.75) is 58.7 Å². The Morgan fingerprint density at radius 3 is 2.20 bits per heavy atom. The summed E-state index contributed by atoms with van der Waals surface area (Å²) in [7, 11) is -3.72. The molecule has 0 aliphatic carbocycles. The number of hydrogen-bond acceptors (Lipinski definition) is 5. The summed E-state index contributed by atoms with van der Waals surface area (Å²) in [6.45, 7) is 6.70. The quantitative estimate of drug-likeness (QED) is 0.562. The van der Waals surface area contributed by atoms with E-state index in [1.807, 2.05) is 6.92 Å². The van der Waals surface area contributed by atoms with E-state index >= 15 is 0 Å². The summed E-state index contributed by atoms with van der Waals surface area (Å²) < 4.78 is 68.2. The van der Waals surface area contributed by atoms with E-state index < -0.39 is 44.9 Å². The van der Waals surface area contributed by atoms with Crippen LogP contribution in [0.5, 0.6) is 0 Å². The van der Waals surface area contributed by atoms with Crippen LogP contribution in [0, 0.1) is 0 Å². The summed E-state index contributed by atoms with van der Waals surface area (Å²) in [5, 5.41) is 4.41. The van der Waals surface area contributed by atoms with Crippen LogP contribution < -0.4 is 10.6 Å². The van der Waals surface area contributed by atoms with Gasteiger partial charge in [-0.2, -0.15) is 13.2 Å². The SMILES string of the molecule is CCCCCS(=O)(=O)CC(=O)Nc1cc(C(F)(F)F)ccc1NC(=O)OC(C)(C)C. The first kappa shape index (κ1) is 25.7. The zero-order valence-electron chi connectivity index (χ0n) is 17.4. The Balaban J connectivity index is 3.05. The molecule has 0 unspecified atom stereocenters. The number of hydrogen-bond donors (Lipinski definition) is 2. The molecule has 1 rings (SSSR count). The van der Waals surface area contributed by atoms with Crippen molar-refractivity contribution in [2.75, 3.05) is 22.1 Å². The Morgan fingerprint density at radius 2 is 1.67 bits per heavy atom. The maximum absolute atomic E-state index is 13.0. The van der Waals surface area contributed by atoms with Crippen molar-refractivity contribution >= 4 is 33.2 Å². The van der Waals surface area contributed by atoms with Gasteiger partial charge in [-0.15, -0.1) is 0 Å². The molecule has 2 N–H and O–H groups in total. The first-order valence-corrected chi connectivity index (χ1v) is 11.2. The Morgan fingerprint density at radius 1 is 1.03 bits per heavy atom. The molecule has 170 valence electrons. The fraction of sp³-hybridized carbons (Fsp3) is 0.579. The first-order valence-electron chi connectivity index (χ1n) is 9.34. The molecule has 1 aromatic carbocycles. The average Bonchev–Trinajstić information content (AvgIpc) is 2.53. The molecule has 0 spiro atoms. The monoisotopic (exact) mass is 452 g/mol. The summed E-state index contributed by atoms with van der Waals surface area (Å²) >= 11 is 0. The van der Waals surface area contributed by atoms with Crippen LogP contribution in [0.1, 0.15) is 52.5 Å². The van der Waals surface area contributed by atoms with E-state index in [-0.39, 0.29) is 17.1 Å². The molecule has 2 amide bonds. The fourth-order valence-corrected chi connectivity index (χ4v) is 3.64. The van der Waals surface area contributed by atoms with Gasteiger partial charge in [0.25, 0.3) is 0 Å². The number of benzene rings is 1. The Kier molecular flexibility index (Phi) is 8.70. The highest BCUT2D eigenvalue weighted by molar-refractivity contribution is 7.92. The minimum atomic E-state index is -4.70. The van der Waals surface area contributed by atoms with E-state index in [1.165, 1.54) is 0 Å². The van der Waals surface area contributed by atoms with E-state index in [0.29, 0.717) is 18.9 Å². The van der Waals surface area contributed by atoms with Gasteiger partial charge in [-0.05, 0) is 45.4 Å². The van der Waals surface area contributed by atoms with Crippen molar-refractivity contribution < 1.29 is 35.9 Å². The number of alkyl halides is 3. The molecule has 11 heteroatoms. The second-order valence-electron chi connectivity index (χ2n) is 7.73. The number of amides is 2. The Hall–Kier alpha value is -2.30. The third-order valence-corrected chi connectivity index (χ3v) is 5.28. The molecule has 0 fully saturated rings. The number of sulfone groups is 1. The van der Waals surface area contributed by atoms with Gasteiger partial charge >= 0.3 is 12.3 Å². The number of carbonyl (C=O) groups excluding carboxylic acids is 2. The van der Waals surface area contributed by atoms with Crippen molar-refractivity contribution in [3.63, 3.8) is 0 Å². The predicted octanol–water partition coefficient (Wildman–Crippen LogP) is 4.60. The van der Waals surface area contributed by atoms with Crippen molar-refractivity contribution in [2.24, 2.45) is 0 Å². The summed E-state index contributed by atoms with van der Waals surface area (Å²) in [4.78, 5) is 24.1. The number of rotatable bonds is 8. The molecule has 0 aliphatic heterocycles. The third kappa shape index (κ3) is 9.47. The topological polar surface area (TPSA) is 102 Å². The van der Waals surface area contributed by atoms with Crippen molar-refractivity contribution in [3.05, 3.63) is 23.8 Å². The molecule has 1 aromatic rings. The number of anilines is 2. The lowest BCUT2D eigenvalue weighted by molar-refractivity contribution is -0.137. The van der Waals surface area contributed by atoms with E-state index in [0.717, 1.165) is 18.6 Å². The van der Waals surface area contributed by atoms with Crippen LogP contribution >= 0.6 is 0 Å². The predicted molar refractivity (Wildman–Crippen MR) is 108 cm³/mol. The number of ether oxygens (including phenoxy) is 1. The van der Waals surface area contributed by atoms with Crippen molar-refractivity contribution in [1.29, 1.82) is 0 Å². The number of unbranched alkanes of at least 4 members (excludes halogenated alkanes) is 2. The minimum Gasteiger partial charge on any atom is -0.444 e. The van der Waals surface area contributed by atoms with Crippen LogP contribution in [-0.4, -0.2) is 37.5 Å².